The van der Waals surface area contributed by atoms with Gasteiger partial charge in [-0.2, -0.15) is 4.31 Å². The summed E-state index contributed by atoms with van der Waals surface area (Å²) in [5.41, 5.74) is 3.76. The van der Waals surface area contributed by atoms with Crippen molar-refractivity contribution < 1.29 is 27.4 Å². The van der Waals surface area contributed by atoms with Crippen molar-refractivity contribution in [2.75, 3.05) is 27.4 Å². The van der Waals surface area contributed by atoms with Crippen molar-refractivity contribution in [2.24, 2.45) is 5.92 Å². The van der Waals surface area contributed by atoms with Crippen LogP contribution in [-0.4, -0.2) is 45.9 Å². The highest BCUT2D eigenvalue weighted by atomic mass is 32.2. The Morgan fingerprint density at radius 2 is 1.71 bits per heavy atom. The molecule has 1 atom stereocenters. The number of nitrogens with zero attached hydrogens (tertiary/aromatic N) is 1. The normalized spacial score (nSPS) is 17.6. The van der Waals surface area contributed by atoms with Crippen molar-refractivity contribution in [3.05, 3.63) is 82.9 Å². The molecule has 0 bridgehead atoms. The summed E-state index contributed by atoms with van der Waals surface area (Å²) in [5.74, 6) is 1.87. The first-order valence-electron chi connectivity index (χ1n) is 12.9. The van der Waals surface area contributed by atoms with Gasteiger partial charge in [-0.3, -0.25) is 4.79 Å². The number of para-hydroxylation sites is 1. The van der Waals surface area contributed by atoms with E-state index < -0.39 is 10.0 Å². The summed E-state index contributed by atoms with van der Waals surface area (Å²) in [6.45, 7) is 2.71. The van der Waals surface area contributed by atoms with Crippen LogP contribution in [0.4, 0.5) is 0 Å². The minimum absolute atomic E-state index is 0.136. The molecular formula is C30H33NO6S. The number of aryl methyl sites for hydroxylation is 1. The zero-order valence-electron chi connectivity index (χ0n) is 22.0. The van der Waals surface area contributed by atoms with Gasteiger partial charge in [0.2, 0.25) is 10.0 Å². The second-order valence-corrected chi connectivity index (χ2v) is 11.9. The van der Waals surface area contributed by atoms with Crippen LogP contribution in [0.2, 0.25) is 0 Å². The molecule has 0 radical (unpaired) electrons. The molecule has 1 heterocycles. The first-order chi connectivity index (χ1) is 18.3. The van der Waals surface area contributed by atoms with Crippen molar-refractivity contribution in [3.8, 4) is 17.2 Å². The lowest BCUT2D eigenvalue weighted by atomic mass is 9.84. The number of hydrogen-bond acceptors (Lipinski definition) is 6. The molecule has 0 saturated heterocycles. The van der Waals surface area contributed by atoms with Crippen LogP contribution in [-0.2, 0) is 21.4 Å². The van der Waals surface area contributed by atoms with E-state index in [2.05, 4.69) is 0 Å². The number of ketones is 1. The molecule has 1 aliphatic heterocycles. The third kappa shape index (κ3) is 5.42. The quantitative estimate of drug-likeness (QED) is 0.379. The molecule has 38 heavy (non-hydrogen) atoms. The zero-order valence-corrected chi connectivity index (χ0v) is 22.8. The van der Waals surface area contributed by atoms with Crippen molar-refractivity contribution in [3.63, 3.8) is 0 Å². The topological polar surface area (TPSA) is 82.1 Å². The van der Waals surface area contributed by atoms with Crippen molar-refractivity contribution >= 4 is 15.8 Å². The van der Waals surface area contributed by atoms with E-state index in [4.69, 9.17) is 14.2 Å². The first-order valence-corrected chi connectivity index (χ1v) is 14.3. The van der Waals surface area contributed by atoms with Crippen LogP contribution in [0.25, 0.3) is 0 Å². The average molecular weight is 536 g/mol. The van der Waals surface area contributed by atoms with Crippen LogP contribution in [0, 0.1) is 12.8 Å². The van der Waals surface area contributed by atoms with E-state index in [0.717, 1.165) is 35.1 Å². The minimum atomic E-state index is -3.74. The fourth-order valence-corrected chi connectivity index (χ4v) is 6.50. The molecule has 2 aliphatic rings. The predicted molar refractivity (Wildman–Crippen MR) is 144 cm³/mol. The van der Waals surface area contributed by atoms with Crippen LogP contribution in [0.15, 0.2) is 65.6 Å². The number of ether oxygens (including phenoxy) is 3. The molecule has 1 aliphatic carbocycles. The van der Waals surface area contributed by atoms with Crippen molar-refractivity contribution in [1.82, 2.24) is 4.31 Å². The number of methoxy groups -OCH3 is 2. The molecule has 1 fully saturated rings. The Kier molecular flexibility index (Phi) is 7.45. The van der Waals surface area contributed by atoms with Gasteiger partial charge in [0, 0.05) is 37.4 Å². The Hall–Kier alpha value is -3.36. The summed E-state index contributed by atoms with van der Waals surface area (Å²) < 4.78 is 45.3. The van der Waals surface area contributed by atoms with Crippen LogP contribution in [0.5, 0.6) is 17.2 Å². The third-order valence-corrected chi connectivity index (χ3v) is 9.29. The van der Waals surface area contributed by atoms with Gasteiger partial charge >= 0.3 is 0 Å². The summed E-state index contributed by atoms with van der Waals surface area (Å²) in [4.78, 5) is 13.2. The average Bonchev–Trinajstić information content (AvgIpc) is 3.78. The van der Waals surface area contributed by atoms with Crippen molar-refractivity contribution in [2.45, 2.75) is 43.5 Å². The lowest BCUT2D eigenvalue weighted by Gasteiger charge is -2.23. The van der Waals surface area contributed by atoms with E-state index in [1.165, 1.54) is 4.31 Å². The second kappa shape index (κ2) is 10.8. The third-order valence-electron chi connectivity index (χ3n) is 7.40. The van der Waals surface area contributed by atoms with Crippen LogP contribution in [0.1, 0.15) is 47.4 Å². The maximum absolute atomic E-state index is 13.5. The number of benzene rings is 3. The Bertz CT molecular complexity index is 1420. The zero-order chi connectivity index (χ0) is 26.9. The predicted octanol–water partition coefficient (Wildman–Crippen LogP) is 5.10. The van der Waals surface area contributed by atoms with Crippen LogP contribution in [0.3, 0.4) is 0 Å². The number of sulfonamides is 1. The summed E-state index contributed by atoms with van der Waals surface area (Å²) >= 11 is 0. The second-order valence-electron chi connectivity index (χ2n) is 9.96. The van der Waals surface area contributed by atoms with E-state index in [9.17, 15) is 13.2 Å². The van der Waals surface area contributed by atoms with E-state index in [1.807, 2.05) is 43.3 Å². The molecule has 0 aromatic heterocycles. The monoisotopic (exact) mass is 535 g/mol. The molecule has 1 unspecified atom stereocenters. The van der Waals surface area contributed by atoms with Gasteiger partial charge in [0.15, 0.2) is 0 Å². The van der Waals surface area contributed by atoms with Gasteiger partial charge in [0.25, 0.3) is 0 Å². The van der Waals surface area contributed by atoms with Gasteiger partial charge in [0.1, 0.15) is 34.5 Å². The Morgan fingerprint density at radius 3 is 2.39 bits per heavy atom. The van der Waals surface area contributed by atoms with E-state index in [-0.39, 0.29) is 42.2 Å². The molecule has 5 rings (SSSR count). The Balaban J connectivity index is 1.52. The summed E-state index contributed by atoms with van der Waals surface area (Å²) in [7, 11) is -0.523. The summed E-state index contributed by atoms with van der Waals surface area (Å²) in [6.07, 6.45) is 2.26. The number of hydrogen-bond donors (Lipinski definition) is 0. The summed E-state index contributed by atoms with van der Waals surface area (Å²) in [5, 5.41) is 0. The Morgan fingerprint density at radius 1 is 1.00 bits per heavy atom. The molecule has 200 valence electrons. The van der Waals surface area contributed by atoms with E-state index >= 15 is 0 Å². The van der Waals surface area contributed by atoms with Gasteiger partial charge in [-0.05, 0) is 66.3 Å². The molecular weight excluding hydrogens is 502 g/mol. The smallest absolute Gasteiger partial charge is 0.247 e. The van der Waals surface area contributed by atoms with Crippen LogP contribution < -0.4 is 14.2 Å². The fourth-order valence-electron chi connectivity index (χ4n) is 4.96. The van der Waals surface area contributed by atoms with Gasteiger partial charge < -0.3 is 14.2 Å². The minimum Gasteiger partial charge on any atom is -0.497 e. The molecule has 7 nitrogen and oxygen atoms in total. The van der Waals surface area contributed by atoms with E-state index in [0.29, 0.717) is 23.7 Å². The molecule has 3 aromatic carbocycles. The molecule has 1 saturated carbocycles. The maximum atomic E-state index is 13.5. The van der Waals surface area contributed by atoms with Gasteiger partial charge in [-0.15, -0.1) is 0 Å². The summed E-state index contributed by atoms with van der Waals surface area (Å²) in [6, 6.07) is 18.5. The van der Waals surface area contributed by atoms with E-state index in [1.54, 1.807) is 38.5 Å². The molecule has 0 amide bonds. The number of fused-ring (bicyclic) bond motifs is 1. The van der Waals surface area contributed by atoms with Gasteiger partial charge in [-0.25, -0.2) is 8.42 Å². The highest BCUT2D eigenvalue weighted by Gasteiger charge is 2.33. The standard InChI is InChI=1S/C30H33NO6S/c1-20-8-9-22(14-24(20)19-31-12-13-37-29-6-4-5-7-30(29)38(31,33)34)27(18-28(32)21-10-11-21)23-15-25(35-2)17-26(16-23)36-3/h4-9,14-17,21,27H,10-13,18-19H2,1-3H3. The highest BCUT2D eigenvalue weighted by Crippen LogP contribution is 2.39. The first kappa shape index (κ1) is 26.3. The lowest BCUT2D eigenvalue weighted by Crippen LogP contribution is -2.32. The SMILES string of the molecule is COc1cc(OC)cc(C(CC(=O)C2CC2)c2ccc(C)c(CN3CCOc4ccccc4S3(=O)=O)c2)c1. The lowest BCUT2D eigenvalue weighted by molar-refractivity contribution is -0.120. The largest absolute Gasteiger partial charge is 0.497 e. The molecule has 0 spiro atoms. The number of rotatable bonds is 9. The van der Waals surface area contributed by atoms with Crippen molar-refractivity contribution in [1.29, 1.82) is 0 Å². The number of carbonyl (C=O) groups is 1. The van der Waals surface area contributed by atoms with Crippen LogP contribution >= 0.6 is 0 Å². The Labute approximate surface area is 224 Å². The molecule has 0 N–H and O–H groups in total. The molecule has 8 heteroatoms. The van der Waals surface area contributed by atoms with Gasteiger partial charge in [-0.1, -0.05) is 30.3 Å². The number of carbonyl (C=O) groups excluding carboxylic acids is 1. The molecule has 3 aromatic rings. The fraction of sp³-hybridized carbons (Fsp3) is 0.367. The highest BCUT2D eigenvalue weighted by molar-refractivity contribution is 7.89. The maximum Gasteiger partial charge on any atom is 0.247 e. The number of Topliss-reactive ketones (excluding diaryl/α,β-unsaturated/α-hetero) is 1. The van der Waals surface area contributed by atoms with Gasteiger partial charge in [0.05, 0.1) is 14.2 Å².